The molecule has 4 heteroatoms. The van der Waals surface area contributed by atoms with Gasteiger partial charge in [-0.05, 0) is 37.4 Å². The van der Waals surface area contributed by atoms with Gasteiger partial charge in [0.05, 0.1) is 12.7 Å². The quantitative estimate of drug-likeness (QED) is 0.895. The van der Waals surface area contributed by atoms with Crippen LogP contribution in [-0.2, 0) is 17.6 Å². The summed E-state index contributed by atoms with van der Waals surface area (Å²) in [5.41, 5.74) is 2.71. The number of hydrogen-bond acceptors (Lipinski definition) is 4. The normalized spacial score (nSPS) is 23.3. The van der Waals surface area contributed by atoms with Crippen LogP contribution in [0.25, 0.3) is 0 Å². The van der Waals surface area contributed by atoms with Gasteiger partial charge in [0.15, 0.2) is 0 Å². The monoisotopic (exact) mass is 261 g/mol. The first-order valence-corrected chi connectivity index (χ1v) is 7.42. The molecule has 3 rings (SSSR count). The third kappa shape index (κ3) is 3.07. The number of rotatable bonds is 4. The molecular formula is C15H23N3O. The van der Waals surface area contributed by atoms with E-state index in [1.165, 1.54) is 24.1 Å². The van der Waals surface area contributed by atoms with Crippen LogP contribution in [0.15, 0.2) is 12.1 Å². The molecule has 4 nitrogen and oxygen atoms in total. The number of fused-ring (bicyclic) bond motifs is 1. The number of nitrogens with zero attached hydrogens (tertiary/aromatic N) is 2. The summed E-state index contributed by atoms with van der Waals surface area (Å²) < 4.78 is 5.79. The van der Waals surface area contributed by atoms with Crippen LogP contribution in [0.4, 0.5) is 5.82 Å². The van der Waals surface area contributed by atoms with Crippen molar-refractivity contribution in [2.45, 2.75) is 32.3 Å². The number of pyridine rings is 1. The second-order valence-electron chi connectivity index (χ2n) is 5.42. The lowest BCUT2D eigenvalue weighted by molar-refractivity contribution is -0.0192. The predicted octanol–water partition coefficient (Wildman–Crippen LogP) is 1.70. The average molecular weight is 261 g/mol. The van der Waals surface area contributed by atoms with Crippen LogP contribution in [-0.4, -0.2) is 48.8 Å². The van der Waals surface area contributed by atoms with Crippen LogP contribution < -0.4 is 5.32 Å². The molecule has 1 aliphatic heterocycles. The van der Waals surface area contributed by atoms with Crippen molar-refractivity contribution in [2.75, 3.05) is 38.1 Å². The molecule has 104 valence electrons. The predicted molar refractivity (Wildman–Crippen MR) is 76.6 cm³/mol. The summed E-state index contributed by atoms with van der Waals surface area (Å²) >= 11 is 0. The Bertz CT molecular complexity index is 435. The molecule has 0 amide bonds. The molecule has 0 radical (unpaired) electrons. The maximum atomic E-state index is 5.79. The Morgan fingerprint density at radius 1 is 1.42 bits per heavy atom. The lowest BCUT2D eigenvalue weighted by Gasteiger charge is -2.32. The Kier molecular flexibility index (Phi) is 3.99. The highest BCUT2D eigenvalue weighted by atomic mass is 16.5. The summed E-state index contributed by atoms with van der Waals surface area (Å²) in [6.45, 7) is 7.09. The second-order valence-corrected chi connectivity index (χ2v) is 5.42. The van der Waals surface area contributed by atoms with E-state index >= 15 is 0 Å². The third-order valence-electron chi connectivity index (χ3n) is 4.11. The first-order chi connectivity index (χ1) is 9.35. The van der Waals surface area contributed by atoms with E-state index in [4.69, 9.17) is 9.72 Å². The second kappa shape index (κ2) is 5.88. The minimum Gasteiger partial charge on any atom is -0.374 e. The fraction of sp³-hybridized carbons (Fsp3) is 0.667. The lowest BCUT2D eigenvalue weighted by Crippen LogP contribution is -2.45. The van der Waals surface area contributed by atoms with E-state index in [-0.39, 0.29) is 6.10 Å². The standard InChI is InChI=1S/C15H23N3O/c1-2-18-8-9-19-13(11-18)10-16-15-7-6-12-4-3-5-14(12)17-15/h6-7,13H,2-5,8-11H2,1H3,(H,16,17). The van der Waals surface area contributed by atoms with Crippen molar-refractivity contribution in [3.8, 4) is 0 Å². The van der Waals surface area contributed by atoms with Gasteiger partial charge in [0.25, 0.3) is 0 Å². The third-order valence-corrected chi connectivity index (χ3v) is 4.11. The van der Waals surface area contributed by atoms with Gasteiger partial charge < -0.3 is 10.1 Å². The maximum absolute atomic E-state index is 5.79. The molecule has 0 spiro atoms. The SMILES string of the molecule is CCN1CCOC(CNc2ccc3c(n2)CCC3)C1. The van der Waals surface area contributed by atoms with E-state index in [0.717, 1.165) is 45.0 Å². The molecular weight excluding hydrogens is 238 g/mol. The van der Waals surface area contributed by atoms with Crippen molar-refractivity contribution in [1.82, 2.24) is 9.88 Å². The molecule has 1 aromatic heterocycles. The number of likely N-dealkylation sites (N-methyl/N-ethyl adjacent to an activating group) is 1. The van der Waals surface area contributed by atoms with Crippen molar-refractivity contribution >= 4 is 5.82 Å². The Morgan fingerprint density at radius 2 is 2.37 bits per heavy atom. The summed E-state index contributed by atoms with van der Waals surface area (Å²) in [6, 6.07) is 4.32. The van der Waals surface area contributed by atoms with E-state index in [1.54, 1.807) is 0 Å². The van der Waals surface area contributed by atoms with Gasteiger partial charge in [0.2, 0.25) is 0 Å². The van der Waals surface area contributed by atoms with Gasteiger partial charge in [-0.15, -0.1) is 0 Å². The molecule has 2 heterocycles. The zero-order valence-electron chi connectivity index (χ0n) is 11.7. The van der Waals surface area contributed by atoms with Gasteiger partial charge >= 0.3 is 0 Å². The van der Waals surface area contributed by atoms with Crippen molar-refractivity contribution in [1.29, 1.82) is 0 Å². The number of aryl methyl sites for hydroxylation is 2. The largest absolute Gasteiger partial charge is 0.374 e. The molecule has 1 N–H and O–H groups in total. The van der Waals surface area contributed by atoms with Gasteiger partial charge in [-0.1, -0.05) is 13.0 Å². The zero-order chi connectivity index (χ0) is 13.1. The lowest BCUT2D eigenvalue weighted by atomic mass is 10.2. The number of ether oxygens (including phenoxy) is 1. The highest BCUT2D eigenvalue weighted by molar-refractivity contribution is 5.40. The summed E-state index contributed by atoms with van der Waals surface area (Å²) in [4.78, 5) is 7.13. The van der Waals surface area contributed by atoms with Crippen molar-refractivity contribution in [3.05, 3.63) is 23.4 Å². The van der Waals surface area contributed by atoms with Crippen LogP contribution in [0.2, 0.25) is 0 Å². The molecule has 0 aromatic carbocycles. The Morgan fingerprint density at radius 3 is 3.26 bits per heavy atom. The van der Waals surface area contributed by atoms with Crippen molar-refractivity contribution in [3.63, 3.8) is 0 Å². The molecule has 1 atom stereocenters. The van der Waals surface area contributed by atoms with E-state index in [2.05, 4.69) is 29.3 Å². The topological polar surface area (TPSA) is 37.4 Å². The first kappa shape index (κ1) is 12.9. The van der Waals surface area contributed by atoms with E-state index in [9.17, 15) is 0 Å². The van der Waals surface area contributed by atoms with Crippen LogP contribution in [0, 0.1) is 0 Å². The fourth-order valence-corrected chi connectivity index (χ4v) is 2.93. The van der Waals surface area contributed by atoms with Gasteiger partial charge in [0, 0.05) is 25.3 Å². The smallest absolute Gasteiger partial charge is 0.126 e. The highest BCUT2D eigenvalue weighted by Gasteiger charge is 2.19. The molecule has 1 aliphatic carbocycles. The molecule has 0 saturated carbocycles. The van der Waals surface area contributed by atoms with E-state index < -0.39 is 0 Å². The summed E-state index contributed by atoms with van der Waals surface area (Å²) in [5, 5.41) is 3.43. The molecule has 1 fully saturated rings. The Hall–Kier alpha value is -1.13. The minimum absolute atomic E-state index is 0.281. The highest BCUT2D eigenvalue weighted by Crippen LogP contribution is 2.21. The van der Waals surface area contributed by atoms with Crippen LogP contribution in [0.1, 0.15) is 24.6 Å². The molecule has 2 aliphatic rings. The number of aromatic nitrogens is 1. The first-order valence-electron chi connectivity index (χ1n) is 7.42. The maximum Gasteiger partial charge on any atom is 0.126 e. The Labute approximate surface area is 115 Å². The molecule has 0 bridgehead atoms. The number of morpholine rings is 1. The van der Waals surface area contributed by atoms with Crippen LogP contribution >= 0.6 is 0 Å². The summed E-state index contributed by atoms with van der Waals surface area (Å²) in [5.74, 6) is 0.998. The van der Waals surface area contributed by atoms with Gasteiger partial charge in [-0.3, -0.25) is 4.90 Å². The van der Waals surface area contributed by atoms with Crippen molar-refractivity contribution in [2.24, 2.45) is 0 Å². The van der Waals surface area contributed by atoms with Crippen LogP contribution in [0.3, 0.4) is 0 Å². The molecule has 1 unspecified atom stereocenters. The van der Waals surface area contributed by atoms with E-state index in [1.807, 2.05) is 0 Å². The van der Waals surface area contributed by atoms with Crippen molar-refractivity contribution < 1.29 is 4.74 Å². The Balaban J connectivity index is 1.54. The number of hydrogen-bond donors (Lipinski definition) is 1. The fourth-order valence-electron chi connectivity index (χ4n) is 2.93. The number of anilines is 1. The van der Waals surface area contributed by atoms with Gasteiger partial charge in [-0.25, -0.2) is 4.98 Å². The summed E-state index contributed by atoms with van der Waals surface area (Å²) in [6.07, 6.45) is 3.86. The average Bonchev–Trinajstić information content (AvgIpc) is 2.93. The molecule has 19 heavy (non-hydrogen) atoms. The molecule has 1 aromatic rings. The zero-order valence-corrected chi connectivity index (χ0v) is 11.7. The number of nitrogens with one attached hydrogen (secondary N) is 1. The summed E-state index contributed by atoms with van der Waals surface area (Å²) in [7, 11) is 0. The molecule has 1 saturated heterocycles. The minimum atomic E-state index is 0.281. The van der Waals surface area contributed by atoms with Gasteiger partial charge in [-0.2, -0.15) is 0 Å². The van der Waals surface area contributed by atoms with Gasteiger partial charge in [0.1, 0.15) is 5.82 Å². The van der Waals surface area contributed by atoms with Crippen LogP contribution in [0.5, 0.6) is 0 Å². The van der Waals surface area contributed by atoms with E-state index in [0.29, 0.717) is 0 Å².